The lowest BCUT2D eigenvalue weighted by Crippen LogP contribution is -2.52. The van der Waals surface area contributed by atoms with Crippen molar-refractivity contribution < 1.29 is 9.13 Å². The van der Waals surface area contributed by atoms with Gasteiger partial charge in [0.15, 0.2) is 0 Å². The monoisotopic (exact) mass is 360 g/mol. The molecule has 1 saturated carbocycles. The van der Waals surface area contributed by atoms with Gasteiger partial charge in [0.1, 0.15) is 11.6 Å². The molecular formula is C20H29FN4O. The van der Waals surface area contributed by atoms with Crippen LogP contribution in [-0.4, -0.2) is 48.4 Å². The van der Waals surface area contributed by atoms with Crippen LogP contribution in [0.5, 0.6) is 5.75 Å². The van der Waals surface area contributed by atoms with Gasteiger partial charge in [-0.25, -0.2) is 4.39 Å². The number of aromatic nitrogens is 2. The average Bonchev–Trinajstić information content (AvgIpc) is 3.10. The molecule has 1 aromatic heterocycles. The summed E-state index contributed by atoms with van der Waals surface area (Å²) >= 11 is 0. The van der Waals surface area contributed by atoms with Crippen molar-refractivity contribution in [2.45, 2.75) is 44.2 Å². The van der Waals surface area contributed by atoms with Crippen LogP contribution in [-0.2, 0) is 6.54 Å². The number of ether oxygens (including phenoxy) is 1. The third kappa shape index (κ3) is 3.91. The summed E-state index contributed by atoms with van der Waals surface area (Å²) in [6.07, 6.45) is 8.12. The van der Waals surface area contributed by atoms with Crippen LogP contribution in [0.3, 0.4) is 0 Å². The van der Waals surface area contributed by atoms with E-state index in [9.17, 15) is 4.39 Å². The van der Waals surface area contributed by atoms with E-state index in [2.05, 4.69) is 34.5 Å². The fraction of sp³-hybridized carbons (Fsp3) is 0.550. The zero-order valence-corrected chi connectivity index (χ0v) is 15.9. The molecule has 6 heteroatoms. The van der Waals surface area contributed by atoms with Gasteiger partial charge in [0, 0.05) is 35.8 Å². The molecule has 142 valence electrons. The summed E-state index contributed by atoms with van der Waals surface area (Å²) in [7, 11) is 5.87. The largest absolute Gasteiger partial charge is 0.497 e. The molecule has 0 saturated heterocycles. The topological polar surface area (TPSA) is 53.2 Å². The zero-order valence-electron chi connectivity index (χ0n) is 15.9. The van der Waals surface area contributed by atoms with Crippen molar-refractivity contribution in [2.24, 2.45) is 0 Å². The zero-order chi connectivity index (χ0) is 18.6. The third-order valence-electron chi connectivity index (χ3n) is 5.67. The van der Waals surface area contributed by atoms with Crippen molar-refractivity contribution in [3.8, 4) is 17.0 Å². The molecule has 26 heavy (non-hydrogen) atoms. The maximum atomic E-state index is 14.4. The Morgan fingerprint density at radius 2 is 2.04 bits per heavy atom. The van der Waals surface area contributed by atoms with Gasteiger partial charge in [-0.15, -0.1) is 0 Å². The van der Waals surface area contributed by atoms with Crippen LogP contribution in [0, 0.1) is 5.82 Å². The number of rotatable bonds is 7. The van der Waals surface area contributed by atoms with E-state index < -0.39 is 0 Å². The first kappa shape index (κ1) is 18.9. The number of hydrogen-bond donors (Lipinski definition) is 2. The van der Waals surface area contributed by atoms with E-state index in [0.29, 0.717) is 17.9 Å². The van der Waals surface area contributed by atoms with Gasteiger partial charge >= 0.3 is 0 Å². The highest BCUT2D eigenvalue weighted by atomic mass is 19.1. The van der Waals surface area contributed by atoms with Crippen molar-refractivity contribution in [1.82, 2.24) is 20.4 Å². The molecule has 5 nitrogen and oxygen atoms in total. The van der Waals surface area contributed by atoms with Crippen LogP contribution in [0.1, 0.15) is 37.7 Å². The molecule has 0 bridgehead atoms. The van der Waals surface area contributed by atoms with Crippen LogP contribution in [0.4, 0.5) is 4.39 Å². The molecular weight excluding hydrogens is 331 g/mol. The van der Waals surface area contributed by atoms with E-state index in [0.717, 1.165) is 17.8 Å². The van der Waals surface area contributed by atoms with Gasteiger partial charge in [0.2, 0.25) is 0 Å². The van der Waals surface area contributed by atoms with Gasteiger partial charge in [-0.05, 0) is 39.1 Å². The van der Waals surface area contributed by atoms with Gasteiger partial charge in [-0.1, -0.05) is 19.3 Å². The number of aromatic amines is 1. The number of methoxy groups -OCH3 is 1. The normalized spacial score (nSPS) is 16.8. The molecule has 0 amide bonds. The Labute approximate surface area is 154 Å². The first-order valence-corrected chi connectivity index (χ1v) is 9.30. The quantitative estimate of drug-likeness (QED) is 0.792. The van der Waals surface area contributed by atoms with Gasteiger partial charge in [0.25, 0.3) is 0 Å². The molecule has 1 aromatic carbocycles. The SMILES string of the molecule is COc1ccc(-c2[nH]ncc2CNCC2(N(C)C)CCCCC2)c(F)c1. The van der Waals surface area contributed by atoms with Crippen LogP contribution in [0.2, 0.25) is 0 Å². The first-order chi connectivity index (χ1) is 12.6. The third-order valence-corrected chi connectivity index (χ3v) is 5.67. The van der Waals surface area contributed by atoms with E-state index in [4.69, 9.17) is 4.74 Å². The number of nitrogens with one attached hydrogen (secondary N) is 2. The second-order valence-electron chi connectivity index (χ2n) is 7.40. The van der Waals surface area contributed by atoms with Gasteiger partial charge in [0.05, 0.1) is 19.0 Å². The molecule has 3 rings (SSSR count). The Kier molecular flexibility index (Phi) is 5.94. The Hall–Kier alpha value is -1.92. The molecule has 1 fully saturated rings. The van der Waals surface area contributed by atoms with Gasteiger partial charge in [-0.3, -0.25) is 5.10 Å². The van der Waals surface area contributed by atoms with E-state index in [1.165, 1.54) is 45.3 Å². The second kappa shape index (κ2) is 8.18. The number of H-pyrrole nitrogens is 1. The molecule has 0 unspecified atom stereocenters. The van der Waals surface area contributed by atoms with E-state index >= 15 is 0 Å². The predicted octanol–water partition coefficient (Wildman–Crippen LogP) is 3.58. The maximum absolute atomic E-state index is 14.4. The Balaban J connectivity index is 1.69. The maximum Gasteiger partial charge on any atom is 0.136 e. The predicted molar refractivity (Wildman–Crippen MR) is 102 cm³/mol. The van der Waals surface area contributed by atoms with Crippen LogP contribution < -0.4 is 10.1 Å². The van der Waals surface area contributed by atoms with Crippen molar-refractivity contribution in [2.75, 3.05) is 27.7 Å². The summed E-state index contributed by atoms with van der Waals surface area (Å²) in [6, 6.07) is 4.89. The standard InChI is InChI=1S/C20H29FN4O/c1-25(2)20(9-5-4-6-10-20)14-22-12-15-13-23-24-19(15)17-8-7-16(26-3)11-18(17)21/h7-8,11,13,22H,4-6,9-10,12,14H2,1-3H3,(H,23,24). The van der Waals surface area contributed by atoms with Gasteiger partial charge in [-0.2, -0.15) is 5.10 Å². The van der Waals surface area contributed by atoms with Crippen molar-refractivity contribution in [3.63, 3.8) is 0 Å². The molecule has 1 heterocycles. The summed E-state index contributed by atoms with van der Waals surface area (Å²) in [5.74, 6) is 0.197. The van der Waals surface area contributed by atoms with Crippen molar-refractivity contribution in [3.05, 3.63) is 35.8 Å². The molecule has 2 N–H and O–H groups in total. The molecule has 0 atom stereocenters. The van der Waals surface area contributed by atoms with Crippen molar-refractivity contribution in [1.29, 1.82) is 0 Å². The molecule has 0 aliphatic heterocycles. The highest BCUT2D eigenvalue weighted by molar-refractivity contribution is 5.64. The molecule has 1 aliphatic rings. The highest BCUT2D eigenvalue weighted by Crippen LogP contribution is 2.32. The molecule has 2 aromatic rings. The van der Waals surface area contributed by atoms with Crippen LogP contribution >= 0.6 is 0 Å². The minimum Gasteiger partial charge on any atom is -0.497 e. The average molecular weight is 360 g/mol. The van der Waals surface area contributed by atoms with Crippen molar-refractivity contribution >= 4 is 0 Å². The lowest BCUT2D eigenvalue weighted by molar-refractivity contribution is 0.0984. The minimum absolute atomic E-state index is 0.216. The first-order valence-electron chi connectivity index (χ1n) is 9.30. The lowest BCUT2D eigenvalue weighted by atomic mass is 9.80. The van der Waals surface area contributed by atoms with Crippen LogP contribution in [0.25, 0.3) is 11.3 Å². The Morgan fingerprint density at radius 3 is 2.69 bits per heavy atom. The summed E-state index contributed by atoms with van der Waals surface area (Å²) in [5, 5.41) is 10.6. The number of likely N-dealkylation sites (N-methyl/N-ethyl adjacent to an activating group) is 1. The number of nitrogens with zero attached hydrogens (tertiary/aromatic N) is 2. The number of hydrogen-bond acceptors (Lipinski definition) is 4. The summed E-state index contributed by atoms with van der Waals surface area (Å²) in [6.45, 7) is 1.59. The molecule has 0 radical (unpaired) electrons. The molecule has 0 spiro atoms. The minimum atomic E-state index is -0.313. The van der Waals surface area contributed by atoms with E-state index in [-0.39, 0.29) is 11.4 Å². The highest BCUT2D eigenvalue weighted by Gasteiger charge is 2.33. The summed E-state index contributed by atoms with van der Waals surface area (Å²) < 4.78 is 19.5. The number of halogens is 1. The number of benzene rings is 1. The lowest BCUT2D eigenvalue weighted by Gasteiger charge is -2.43. The fourth-order valence-electron chi connectivity index (χ4n) is 3.93. The Morgan fingerprint density at radius 1 is 1.27 bits per heavy atom. The molecule has 1 aliphatic carbocycles. The van der Waals surface area contributed by atoms with E-state index in [1.54, 1.807) is 18.3 Å². The Bertz CT molecular complexity index is 722. The van der Waals surface area contributed by atoms with E-state index in [1.807, 2.05) is 0 Å². The second-order valence-corrected chi connectivity index (χ2v) is 7.40. The van der Waals surface area contributed by atoms with Gasteiger partial charge < -0.3 is 15.0 Å². The van der Waals surface area contributed by atoms with Crippen LogP contribution in [0.15, 0.2) is 24.4 Å². The fourth-order valence-corrected chi connectivity index (χ4v) is 3.93. The summed E-state index contributed by atoms with van der Waals surface area (Å²) in [5.41, 5.74) is 2.42. The summed E-state index contributed by atoms with van der Waals surface area (Å²) in [4.78, 5) is 2.36. The smallest absolute Gasteiger partial charge is 0.136 e.